The van der Waals surface area contributed by atoms with Crippen molar-refractivity contribution in [2.45, 2.75) is 25.4 Å². The van der Waals surface area contributed by atoms with Gasteiger partial charge >= 0.3 is 5.97 Å². The first kappa shape index (κ1) is 15.3. The first-order valence-corrected chi connectivity index (χ1v) is 8.19. The Hall–Kier alpha value is -2.28. The third-order valence-electron chi connectivity index (χ3n) is 4.56. The van der Waals surface area contributed by atoms with Gasteiger partial charge in [0.25, 0.3) is 0 Å². The lowest BCUT2D eigenvalue weighted by atomic mass is 10.1. The monoisotopic (exact) mass is 333 g/mol. The molecule has 0 radical (unpaired) electrons. The molecule has 2 saturated heterocycles. The van der Waals surface area contributed by atoms with E-state index in [0.29, 0.717) is 23.7 Å². The molecule has 0 saturated carbocycles. The smallest absolute Gasteiger partial charge is 0.311 e. The number of rotatable bonds is 4. The summed E-state index contributed by atoms with van der Waals surface area (Å²) >= 11 is 0. The summed E-state index contributed by atoms with van der Waals surface area (Å²) in [5.41, 5.74) is 0.707. The highest BCUT2D eigenvalue weighted by Crippen LogP contribution is 2.37. The molecule has 3 heterocycles. The maximum absolute atomic E-state index is 12.3. The van der Waals surface area contributed by atoms with Crippen LogP contribution in [0.15, 0.2) is 18.2 Å². The molecule has 3 aliphatic rings. The summed E-state index contributed by atoms with van der Waals surface area (Å²) < 4.78 is 21.4. The molecular weight excluding hydrogens is 314 g/mol. The number of hydrogen-bond acceptors (Lipinski definition) is 6. The summed E-state index contributed by atoms with van der Waals surface area (Å²) in [6.45, 7) is 1.50. The minimum atomic E-state index is -0.440. The molecule has 0 aliphatic carbocycles. The van der Waals surface area contributed by atoms with Crippen LogP contribution >= 0.6 is 0 Å². The lowest BCUT2D eigenvalue weighted by molar-refractivity contribution is -0.151. The quantitative estimate of drug-likeness (QED) is 0.777. The Kier molecular flexibility index (Phi) is 4.02. The molecule has 1 amide bonds. The first-order valence-electron chi connectivity index (χ1n) is 8.19. The highest BCUT2D eigenvalue weighted by atomic mass is 16.7. The van der Waals surface area contributed by atoms with Crippen molar-refractivity contribution >= 4 is 17.6 Å². The summed E-state index contributed by atoms with van der Waals surface area (Å²) in [5.74, 6) is 0.418. The van der Waals surface area contributed by atoms with Crippen LogP contribution in [0, 0.1) is 5.92 Å². The van der Waals surface area contributed by atoms with Crippen LogP contribution in [0.5, 0.6) is 11.5 Å². The van der Waals surface area contributed by atoms with Crippen LogP contribution in [-0.4, -0.2) is 44.5 Å². The molecule has 2 fully saturated rings. The third kappa shape index (κ3) is 2.91. The highest BCUT2D eigenvalue weighted by Gasteiger charge is 2.37. The van der Waals surface area contributed by atoms with Crippen LogP contribution in [0.25, 0.3) is 0 Å². The van der Waals surface area contributed by atoms with Crippen LogP contribution in [0.3, 0.4) is 0 Å². The van der Waals surface area contributed by atoms with Gasteiger partial charge in [0.05, 0.1) is 12.0 Å². The predicted octanol–water partition coefficient (Wildman–Crippen LogP) is 1.49. The number of benzene rings is 1. The normalized spacial score (nSPS) is 25.3. The topological polar surface area (TPSA) is 74.3 Å². The molecule has 0 N–H and O–H groups in total. The van der Waals surface area contributed by atoms with Gasteiger partial charge in [0, 0.05) is 31.3 Å². The van der Waals surface area contributed by atoms with E-state index in [4.69, 9.17) is 18.9 Å². The Morgan fingerprint density at radius 2 is 2.17 bits per heavy atom. The second-order valence-corrected chi connectivity index (χ2v) is 6.21. The summed E-state index contributed by atoms with van der Waals surface area (Å²) in [5, 5.41) is 0. The van der Waals surface area contributed by atoms with Crippen LogP contribution in [0.2, 0.25) is 0 Å². The number of esters is 1. The molecule has 1 aromatic rings. The molecule has 7 nitrogen and oxygen atoms in total. The van der Waals surface area contributed by atoms with E-state index < -0.39 is 5.92 Å². The Morgan fingerprint density at radius 3 is 3.00 bits per heavy atom. The lowest BCUT2D eigenvalue weighted by Gasteiger charge is -2.17. The van der Waals surface area contributed by atoms with Gasteiger partial charge in [0.15, 0.2) is 11.5 Å². The Labute approximate surface area is 139 Å². The molecule has 7 heteroatoms. The predicted molar refractivity (Wildman–Crippen MR) is 83.0 cm³/mol. The molecule has 2 unspecified atom stereocenters. The maximum Gasteiger partial charge on any atom is 0.311 e. The van der Waals surface area contributed by atoms with Crippen LogP contribution in [0.1, 0.15) is 19.3 Å². The van der Waals surface area contributed by atoms with Crippen molar-refractivity contribution < 1.29 is 28.5 Å². The van der Waals surface area contributed by atoms with E-state index in [1.807, 2.05) is 0 Å². The van der Waals surface area contributed by atoms with Crippen molar-refractivity contribution in [2.75, 3.05) is 31.5 Å². The largest absolute Gasteiger partial charge is 0.463 e. The minimum absolute atomic E-state index is 0.00369. The fourth-order valence-corrected chi connectivity index (χ4v) is 3.24. The van der Waals surface area contributed by atoms with Gasteiger partial charge in [0.2, 0.25) is 12.7 Å². The number of carbonyl (C=O) groups excluding carboxylic acids is 2. The number of carbonyl (C=O) groups is 2. The van der Waals surface area contributed by atoms with E-state index in [0.717, 1.165) is 19.4 Å². The average Bonchev–Trinajstić information content (AvgIpc) is 3.32. The molecule has 2 atom stereocenters. The average molecular weight is 333 g/mol. The highest BCUT2D eigenvalue weighted by molar-refractivity contribution is 5.99. The van der Waals surface area contributed by atoms with Crippen molar-refractivity contribution in [2.24, 2.45) is 5.92 Å². The van der Waals surface area contributed by atoms with Gasteiger partial charge in [-0.05, 0) is 25.0 Å². The van der Waals surface area contributed by atoms with Crippen molar-refractivity contribution in [3.05, 3.63) is 18.2 Å². The summed E-state index contributed by atoms with van der Waals surface area (Å²) in [6, 6.07) is 5.33. The van der Waals surface area contributed by atoms with Crippen LogP contribution < -0.4 is 14.4 Å². The van der Waals surface area contributed by atoms with E-state index in [-0.39, 0.29) is 37.8 Å². The molecule has 0 spiro atoms. The first-order chi connectivity index (χ1) is 11.7. The number of fused-ring (bicyclic) bond motifs is 1. The van der Waals surface area contributed by atoms with Crippen LogP contribution in [0.4, 0.5) is 5.69 Å². The van der Waals surface area contributed by atoms with Gasteiger partial charge in [-0.3, -0.25) is 9.59 Å². The Balaban J connectivity index is 1.38. The van der Waals surface area contributed by atoms with E-state index >= 15 is 0 Å². The second-order valence-electron chi connectivity index (χ2n) is 6.21. The molecule has 24 heavy (non-hydrogen) atoms. The molecule has 3 aliphatic heterocycles. The van der Waals surface area contributed by atoms with Crippen molar-refractivity contribution in [1.29, 1.82) is 0 Å². The molecule has 4 rings (SSSR count). The van der Waals surface area contributed by atoms with Crippen LogP contribution in [-0.2, 0) is 19.1 Å². The summed E-state index contributed by atoms with van der Waals surface area (Å²) in [4.78, 5) is 26.1. The van der Waals surface area contributed by atoms with Crippen molar-refractivity contribution in [3.8, 4) is 11.5 Å². The molecule has 128 valence electrons. The van der Waals surface area contributed by atoms with Gasteiger partial charge in [-0.15, -0.1) is 0 Å². The number of nitrogens with zero attached hydrogens (tertiary/aromatic N) is 1. The van der Waals surface area contributed by atoms with E-state index in [9.17, 15) is 9.59 Å². The standard InChI is InChI=1S/C17H19NO6/c19-16-6-11(17(20)22-9-13-2-1-5-21-13)8-18(16)12-3-4-14-15(7-12)24-10-23-14/h3-4,7,11,13H,1-2,5-6,8-10H2. The van der Waals surface area contributed by atoms with Gasteiger partial charge in [0.1, 0.15) is 6.61 Å². The van der Waals surface area contributed by atoms with E-state index in [1.165, 1.54) is 0 Å². The lowest BCUT2D eigenvalue weighted by Crippen LogP contribution is -2.27. The molecule has 0 bridgehead atoms. The minimum Gasteiger partial charge on any atom is -0.463 e. The van der Waals surface area contributed by atoms with Gasteiger partial charge < -0.3 is 23.8 Å². The van der Waals surface area contributed by atoms with Gasteiger partial charge in [-0.25, -0.2) is 0 Å². The fraction of sp³-hybridized carbons (Fsp3) is 0.529. The Morgan fingerprint density at radius 1 is 1.29 bits per heavy atom. The fourth-order valence-electron chi connectivity index (χ4n) is 3.24. The van der Waals surface area contributed by atoms with Gasteiger partial charge in [-0.2, -0.15) is 0 Å². The molecule has 1 aromatic carbocycles. The number of anilines is 1. The molecule has 0 aromatic heterocycles. The van der Waals surface area contributed by atoms with Crippen molar-refractivity contribution in [1.82, 2.24) is 0 Å². The number of hydrogen-bond donors (Lipinski definition) is 0. The SMILES string of the molecule is O=C(OCC1CCCO1)C1CC(=O)N(c2ccc3c(c2)OCO3)C1. The number of ether oxygens (including phenoxy) is 4. The van der Waals surface area contributed by atoms with E-state index in [1.54, 1.807) is 23.1 Å². The number of amides is 1. The maximum atomic E-state index is 12.3. The van der Waals surface area contributed by atoms with E-state index in [2.05, 4.69) is 0 Å². The summed E-state index contributed by atoms with van der Waals surface area (Å²) in [6.07, 6.45) is 2.08. The third-order valence-corrected chi connectivity index (χ3v) is 4.56. The van der Waals surface area contributed by atoms with Gasteiger partial charge in [-0.1, -0.05) is 0 Å². The zero-order valence-corrected chi connectivity index (χ0v) is 13.2. The van der Waals surface area contributed by atoms with Crippen molar-refractivity contribution in [3.63, 3.8) is 0 Å². The zero-order chi connectivity index (χ0) is 16.5. The summed E-state index contributed by atoms with van der Waals surface area (Å²) in [7, 11) is 0. The Bertz CT molecular complexity index is 654. The zero-order valence-electron chi connectivity index (χ0n) is 13.2. The second kappa shape index (κ2) is 6.32. The molecular formula is C17H19NO6.